The minimum Gasteiger partial charge on any atom is -0.439 e. The molecule has 0 fully saturated rings. The molecule has 2 aliphatic rings. The van der Waals surface area contributed by atoms with Gasteiger partial charge in [-0.2, -0.15) is 16.8 Å². The maximum absolute atomic E-state index is 11.6. The molecule has 0 saturated carbocycles. The van der Waals surface area contributed by atoms with E-state index >= 15 is 0 Å². The van der Waals surface area contributed by atoms with Crippen molar-refractivity contribution in [2.75, 3.05) is 29.9 Å². The molecule has 0 spiro atoms. The quantitative estimate of drug-likeness (QED) is 0.155. The third-order valence-electron chi connectivity index (χ3n) is 7.81. The predicted molar refractivity (Wildman–Crippen MR) is 167 cm³/mol. The van der Waals surface area contributed by atoms with Crippen molar-refractivity contribution in [3.63, 3.8) is 0 Å². The molecule has 4 aromatic carbocycles. The van der Waals surface area contributed by atoms with Crippen LogP contribution < -0.4 is 19.3 Å². The second kappa shape index (κ2) is 11.3. The molecule has 0 aliphatic carbocycles. The van der Waals surface area contributed by atoms with Crippen LogP contribution in [0.4, 0.5) is 11.4 Å². The molecule has 1 atom stereocenters. The standard InChI is InChI=1S/C31H30N2O8S2/c34-42(35,36)16-6-14-33(15-7-17-43(37,38)39)27-19-23-9-2-4-11-25(23)21-29(27)41-31(33)13-5-12-30-32-26-18-22-8-1-3-10-24(22)20-28(26)40-30/h1-5,8-13,18-21,31-32H,6-7,14-17H2,(H-,34,35,36,37,38,39)/p+1. The average Bonchev–Trinajstić information content (AvgIpc) is 3.46. The molecule has 0 saturated heterocycles. The van der Waals surface area contributed by atoms with Crippen LogP contribution in [0.1, 0.15) is 12.8 Å². The molecule has 10 nitrogen and oxygen atoms in total. The fourth-order valence-corrected chi connectivity index (χ4v) is 6.87. The number of benzene rings is 4. The van der Waals surface area contributed by atoms with Gasteiger partial charge in [0.25, 0.3) is 26.5 Å². The maximum atomic E-state index is 11.6. The largest absolute Gasteiger partial charge is 0.439 e. The van der Waals surface area contributed by atoms with Gasteiger partial charge in [0.15, 0.2) is 23.1 Å². The lowest BCUT2D eigenvalue weighted by atomic mass is 10.1. The van der Waals surface area contributed by atoms with Gasteiger partial charge in [0.1, 0.15) is 0 Å². The molecule has 12 heteroatoms. The number of nitrogens with zero attached hydrogens (tertiary/aromatic N) is 1. The summed E-state index contributed by atoms with van der Waals surface area (Å²) in [6.07, 6.45) is 4.90. The lowest BCUT2D eigenvalue weighted by Gasteiger charge is -2.36. The summed E-state index contributed by atoms with van der Waals surface area (Å²) in [4.78, 5) is 0. The van der Waals surface area contributed by atoms with Crippen molar-refractivity contribution in [1.82, 2.24) is 4.48 Å². The van der Waals surface area contributed by atoms with Crippen LogP contribution in [0.5, 0.6) is 11.5 Å². The van der Waals surface area contributed by atoms with E-state index in [0.717, 1.165) is 32.9 Å². The van der Waals surface area contributed by atoms with Crippen LogP contribution in [0.2, 0.25) is 0 Å². The number of quaternary nitrogens is 1. The van der Waals surface area contributed by atoms with E-state index in [1.807, 2.05) is 78.9 Å². The van der Waals surface area contributed by atoms with Crippen LogP contribution in [-0.2, 0) is 20.2 Å². The van der Waals surface area contributed by atoms with Crippen molar-refractivity contribution in [1.29, 1.82) is 0 Å². The maximum Gasteiger partial charge on any atom is 0.265 e. The number of rotatable bonds is 10. The summed E-state index contributed by atoms with van der Waals surface area (Å²) < 4.78 is 77.8. The summed E-state index contributed by atoms with van der Waals surface area (Å²) in [5.74, 6) is 0.890. The fraction of sp³-hybridized carbons (Fsp3) is 0.226. The minimum atomic E-state index is -4.22. The molecule has 3 N–H and O–H groups in total. The number of anilines is 1. The third kappa shape index (κ3) is 6.38. The molecule has 0 amide bonds. The van der Waals surface area contributed by atoms with E-state index in [0.29, 0.717) is 17.4 Å². The van der Waals surface area contributed by atoms with E-state index in [4.69, 9.17) is 9.47 Å². The first kappa shape index (κ1) is 29.1. The lowest BCUT2D eigenvalue weighted by Crippen LogP contribution is -2.57. The zero-order valence-electron chi connectivity index (χ0n) is 23.1. The number of ether oxygens (including phenoxy) is 2. The van der Waals surface area contributed by atoms with E-state index in [1.54, 1.807) is 12.2 Å². The highest BCUT2D eigenvalue weighted by Crippen LogP contribution is 2.46. The van der Waals surface area contributed by atoms with Crippen LogP contribution in [0.15, 0.2) is 96.9 Å². The molecular formula is C31H31N2O8S2+. The van der Waals surface area contributed by atoms with Crippen LogP contribution in [0.3, 0.4) is 0 Å². The minimum absolute atomic E-state index is 0.0742. The van der Waals surface area contributed by atoms with Gasteiger partial charge in [0.2, 0.25) is 0 Å². The van der Waals surface area contributed by atoms with Crippen LogP contribution >= 0.6 is 0 Å². The van der Waals surface area contributed by atoms with Gasteiger partial charge in [-0.15, -0.1) is 0 Å². The highest BCUT2D eigenvalue weighted by atomic mass is 32.2. The SMILES string of the molecule is O=S(=O)(O)CCC[N+]1(CCCS(=O)(=O)O)c2cc3ccccc3cc2OC1C=CC=C1Nc2cc3ccccc3cc2O1. The monoisotopic (exact) mass is 623 g/mol. The van der Waals surface area contributed by atoms with Crippen molar-refractivity contribution < 1.29 is 35.4 Å². The van der Waals surface area contributed by atoms with Crippen molar-refractivity contribution in [3.05, 3.63) is 96.9 Å². The van der Waals surface area contributed by atoms with Crippen LogP contribution in [-0.4, -0.2) is 56.8 Å². The molecule has 0 bridgehead atoms. The fourth-order valence-electron chi connectivity index (χ4n) is 5.88. The summed E-state index contributed by atoms with van der Waals surface area (Å²) in [7, 11) is -8.45. The van der Waals surface area contributed by atoms with E-state index in [9.17, 15) is 25.9 Å². The summed E-state index contributed by atoms with van der Waals surface area (Å²) in [5, 5.41) is 7.30. The van der Waals surface area contributed by atoms with E-state index in [2.05, 4.69) is 5.32 Å². The summed E-state index contributed by atoms with van der Waals surface area (Å²) in [5.41, 5.74) is 1.61. The number of allylic oxidation sites excluding steroid dienone is 2. The zero-order valence-corrected chi connectivity index (χ0v) is 24.7. The second-order valence-corrected chi connectivity index (χ2v) is 13.9. The van der Waals surface area contributed by atoms with Crippen molar-refractivity contribution >= 4 is 53.2 Å². The molecule has 43 heavy (non-hydrogen) atoms. The molecule has 1 unspecified atom stereocenters. The van der Waals surface area contributed by atoms with Gasteiger partial charge in [-0.1, -0.05) is 54.6 Å². The summed E-state index contributed by atoms with van der Waals surface area (Å²) >= 11 is 0. The normalized spacial score (nSPS) is 18.5. The van der Waals surface area contributed by atoms with Crippen LogP contribution in [0, 0.1) is 0 Å². The van der Waals surface area contributed by atoms with Gasteiger partial charge in [-0.25, -0.2) is 4.48 Å². The molecule has 0 radical (unpaired) electrons. The Hall–Kier alpha value is -3.94. The number of hydrogen-bond acceptors (Lipinski definition) is 7. The van der Waals surface area contributed by atoms with Crippen molar-refractivity contribution in [2.24, 2.45) is 0 Å². The Labute approximate surface area is 249 Å². The third-order valence-corrected chi connectivity index (χ3v) is 9.42. The topological polar surface area (TPSA) is 139 Å². The average molecular weight is 624 g/mol. The first-order valence-corrected chi connectivity index (χ1v) is 17.0. The van der Waals surface area contributed by atoms with Gasteiger partial charge in [0, 0.05) is 25.0 Å². The van der Waals surface area contributed by atoms with Gasteiger partial charge in [-0.05, 0) is 45.8 Å². The molecule has 6 rings (SSSR count). The van der Waals surface area contributed by atoms with Crippen LogP contribution in [0.25, 0.3) is 21.5 Å². The summed E-state index contributed by atoms with van der Waals surface area (Å²) in [6.45, 7) is 0.462. The van der Waals surface area contributed by atoms with Gasteiger partial charge in [-0.3, -0.25) is 9.11 Å². The molecule has 0 aromatic heterocycles. The highest BCUT2D eigenvalue weighted by molar-refractivity contribution is 7.86. The molecule has 2 heterocycles. The Morgan fingerprint density at radius 1 is 0.767 bits per heavy atom. The second-order valence-electron chi connectivity index (χ2n) is 10.8. The van der Waals surface area contributed by atoms with Gasteiger partial charge >= 0.3 is 0 Å². The number of hydrogen-bond donors (Lipinski definition) is 3. The number of nitrogens with one attached hydrogen (secondary N) is 1. The molecule has 2 aliphatic heterocycles. The van der Waals surface area contributed by atoms with Crippen molar-refractivity contribution in [3.8, 4) is 11.5 Å². The van der Waals surface area contributed by atoms with Crippen molar-refractivity contribution in [2.45, 2.75) is 19.1 Å². The Bertz CT molecular complexity index is 1900. The Balaban J connectivity index is 1.34. The molecular weight excluding hydrogens is 592 g/mol. The lowest BCUT2D eigenvalue weighted by molar-refractivity contribution is 0.105. The first-order valence-electron chi connectivity index (χ1n) is 13.8. The Kier molecular flexibility index (Phi) is 7.65. The molecule has 4 aromatic rings. The summed E-state index contributed by atoms with van der Waals surface area (Å²) in [6, 6.07) is 23.6. The first-order chi connectivity index (χ1) is 20.5. The van der Waals surface area contributed by atoms with Gasteiger partial charge < -0.3 is 14.8 Å². The van der Waals surface area contributed by atoms with Gasteiger partial charge in [0.05, 0.1) is 30.3 Å². The van der Waals surface area contributed by atoms with E-state index in [-0.39, 0.29) is 30.4 Å². The number of fused-ring (bicyclic) bond motifs is 4. The Morgan fingerprint density at radius 3 is 1.88 bits per heavy atom. The Morgan fingerprint density at radius 2 is 1.30 bits per heavy atom. The zero-order chi connectivity index (χ0) is 30.2. The molecule has 224 valence electrons. The highest BCUT2D eigenvalue weighted by Gasteiger charge is 2.47. The predicted octanol–water partition coefficient (Wildman–Crippen LogP) is 5.48. The smallest absolute Gasteiger partial charge is 0.265 e. The van der Waals surface area contributed by atoms with E-state index < -0.39 is 38.0 Å². The van der Waals surface area contributed by atoms with E-state index in [1.165, 1.54) is 0 Å².